The summed E-state index contributed by atoms with van der Waals surface area (Å²) in [6.07, 6.45) is 0.612. The molecule has 0 aliphatic carbocycles. The molecule has 0 saturated carbocycles. The number of amides is 1. The second-order valence-electron chi connectivity index (χ2n) is 3.59. The fourth-order valence-electron chi connectivity index (χ4n) is 1.51. The third kappa shape index (κ3) is 2.90. The average Bonchev–Trinajstić information content (AvgIpc) is 2.70. The maximum Gasteiger partial charge on any atom is 0.235 e. The van der Waals surface area contributed by atoms with Gasteiger partial charge in [0.05, 0.1) is 11.8 Å². The zero-order valence-electron chi connectivity index (χ0n) is 8.99. The zero-order valence-corrected chi connectivity index (χ0v) is 9.80. The normalized spacial score (nSPS) is 21.9. The van der Waals surface area contributed by atoms with Gasteiger partial charge in [0.25, 0.3) is 0 Å². The highest BCUT2D eigenvalue weighted by Crippen LogP contribution is 2.13. The molecule has 15 heavy (non-hydrogen) atoms. The molecule has 1 amide bonds. The summed E-state index contributed by atoms with van der Waals surface area (Å²) in [5, 5.41) is 5.00. The Bertz CT molecular complexity index is 322. The number of nitrogens with zero attached hydrogens (tertiary/aromatic N) is 1. The monoisotopic (exact) mass is 235 g/mol. The molecule has 1 saturated heterocycles. The molecule has 6 nitrogen and oxygen atoms in total. The topological polar surface area (TPSA) is 78.5 Å². The number of hydrogen-bond acceptors (Lipinski definition) is 4. The van der Waals surface area contributed by atoms with Crippen LogP contribution < -0.4 is 10.6 Å². The summed E-state index contributed by atoms with van der Waals surface area (Å²) in [4.78, 5) is 11.1. The van der Waals surface area contributed by atoms with E-state index in [4.69, 9.17) is 0 Å². The molecule has 1 fully saturated rings. The number of nitrogens with one attached hydrogen (secondary N) is 2. The van der Waals surface area contributed by atoms with Crippen LogP contribution in [0.15, 0.2) is 0 Å². The van der Waals surface area contributed by atoms with Crippen molar-refractivity contribution >= 4 is 15.9 Å². The van der Waals surface area contributed by atoms with Crippen LogP contribution in [-0.2, 0) is 14.8 Å². The number of sulfonamides is 1. The van der Waals surface area contributed by atoms with E-state index in [-0.39, 0.29) is 12.5 Å². The molecule has 0 aromatic carbocycles. The standard InChI is InChI=1S/C8H17N3O3S/c1-9-8(12)6-11(2)15(13,14)7-3-4-10-5-7/h7,10H,3-6H2,1-2H3,(H,9,12). The smallest absolute Gasteiger partial charge is 0.235 e. The fraction of sp³-hybridized carbons (Fsp3) is 0.875. The summed E-state index contributed by atoms with van der Waals surface area (Å²) in [5.41, 5.74) is 0. The van der Waals surface area contributed by atoms with Crippen molar-refractivity contribution in [2.24, 2.45) is 0 Å². The van der Waals surface area contributed by atoms with Crippen molar-refractivity contribution in [3.63, 3.8) is 0 Å². The van der Waals surface area contributed by atoms with Crippen molar-refractivity contribution in [3.05, 3.63) is 0 Å². The molecule has 0 aromatic rings. The highest BCUT2D eigenvalue weighted by molar-refractivity contribution is 7.89. The van der Waals surface area contributed by atoms with Gasteiger partial charge in [0.1, 0.15) is 0 Å². The summed E-state index contributed by atoms with van der Waals surface area (Å²) in [6, 6.07) is 0. The molecule has 1 heterocycles. The first-order valence-corrected chi connectivity index (χ1v) is 6.35. The van der Waals surface area contributed by atoms with Crippen LogP contribution in [-0.4, -0.2) is 57.6 Å². The van der Waals surface area contributed by atoms with Crippen LogP contribution in [0.5, 0.6) is 0 Å². The molecule has 0 bridgehead atoms. The molecule has 1 rings (SSSR count). The van der Waals surface area contributed by atoms with Gasteiger partial charge in [0, 0.05) is 20.6 Å². The Kier molecular flexibility index (Phi) is 4.06. The van der Waals surface area contributed by atoms with Gasteiger partial charge in [-0.1, -0.05) is 0 Å². The Labute approximate surface area is 90.1 Å². The summed E-state index contributed by atoms with van der Waals surface area (Å²) < 4.78 is 24.9. The van der Waals surface area contributed by atoms with Gasteiger partial charge in [-0.2, -0.15) is 4.31 Å². The minimum atomic E-state index is -3.33. The molecule has 1 aliphatic rings. The van der Waals surface area contributed by atoms with Crippen LogP contribution in [0.4, 0.5) is 0 Å². The van der Waals surface area contributed by atoms with E-state index in [0.29, 0.717) is 13.0 Å². The van der Waals surface area contributed by atoms with E-state index in [9.17, 15) is 13.2 Å². The van der Waals surface area contributed by atoms with Crippen molar-refractivity contribution in [3.8, 4) is 0 Å². The molecular weight excluding hydrogens is 218 g/mol. The lowest BCUT2D eigenvalue weighted by Gasteiger charge is -2.20. The Morgan fingerprint density at radius 2 is 2.27 bits per heavy atom. The van der Waals surface area contributed by atoms with Gasteiger partial charge in [-0.25, -0.2) is 8.42 Å². The van der Waals surface area contributed by atoms with Crippen LogP contribution in [0.25, 0.3) is 0 Å². The van der Waals surface area contributed by atoms with Crippen molar-refractivity contribution < 1.29 is 13.2 Å². The third-order valence-corrected chi connectivity index (χ3v) is 4.76. The predicted octanol–water partition coefficient (Wildman–Crippen LogP) is -1.64. The Morgan fingerprint density at radius 3 is 2.73 bits per heavy atom. The van der Waals surface area contributed by atoms with Gasteiger partial charge >= 0.3 is 0 Å². The van der Waals surface area contributed by atoms with Gasteiger partial charge in [0.15, 0.2) is 0 Å². The lowest BCUT2D eigenvalue weighted by atomic mass is 10.4. The summed E-state index contributed by atoms with van der Waals surface area (Å²) >= 11 is 0. The van der Waals surface area contributed by atoms with Crippen LogP contribution in [0.2, 0.25) is 0 Å². The summed E-state index contributed by atoms with van der Waals surface area (Å²) in [7, 11) is -0.414. The third-order valence-electron chi connectivity index (χ3n) is 2.52. The molecule has 2 N–H and O–H groups in total. The van der Waals surface area contributed by atoms with Crippen molar-refractivity contribution in [2.75, 3.05) is 33.7 Å². The Hall–Kier alpha value is -0.660. The van der Waals surface area contributed by atoms with Crippen LogP contribution in [0.3, 0.4) is 0 Å². The highest BCUT2D eigenvalue weighted by atomic mass is 32.2. The Morgan fingerprint density at radius 1 is 1.60 bits per heavy atom. The predicted molar refractivity (Wildman–Crippen MR) is 56.9 cm³/mol. The maximum atomic E-state index is 11.9. The minimum absolute atomic E-state index is 0.116. The van der Waals surface area contributed by atoms with Crippen molar-refractivity contribution in [1.82, 2.24) is 14.9 Å². The van der Waals surface area contributed by atoms with Gasteiger partial charge in [-0.15, -0.1) is 0 Å². The van der Waals surface area contributed by atoms with E-state index in [1.54, 1.807) is 0 Å². The van der Waals surface area contributed by atoms with E-state index in [1.165, 1.54) is 14.1 Å². The lowest BCUT2D eigenvalue weighted by molar-refractivity contribution is -0.120. The second-order valence-corrected chi connectivity index (χ2v) is 5.91. The van der Waals surface area contributed by atoms with E-state index >= 15 is 0 Å². The van der Waals surface area contributed by atoms with Gasteiger partial charge in [0.2, 0.25) is 15.9 Å². The number of carbonyl (C=O) groups is 1. The van der Waals surface area contributed by atoms with E-state index < -0.39 is 15.3 Å². The molecule has 1 aliphatic heterocycles. The minimum Gasteiger partial charge on any atom is -0.358 e. The quantitative estimate of drug-likeness (QED) is 0.612. The number of carbonyl (C=O) groups excluding carboxylic acids is 1. The fourth-order valence-corrected chi connectivity index (χ4v) is 3.06. The van der Waals surface area contributed by atoms with E-state index in [1.807, 2.05) is 0 Å². The molecule has 0 spiro atoms. The van der Waals surface area contributed by atoms with E-state index in [2.05, 4.69) is 10.6 Å². The first-order valence-electron chi connectivity index (χ1n) is 4.85. The van der Waals surface area contributed by atoms with Crippen molar-refractivity contribution in [2.45, 2.75) is 11.7 Å². The SMILES string of the molecule is CNC(=O)CN(C)S(=O)(=O)C1CCNC1. The Balaban J connectivity index is 2.64. The molecule has 1 atom stereocenters. The van der Waals surface area contributed by atoms with Crippen molar-refractivity contribution in [1.29, 1.82) is 0 Å². The number of hydrogen-bond donors (Lipinski definition) is 2. The number of rotatable bonds is 4. The summed E-state index contributed by atoms with van der Waals surface area (Å²) in [5.74, 6) is -0.299. The van der Waals surface area contributed by atoms with E-state index in [0.717, 1.165) is 10.8 Å². The lowest BCUT2D eigenvalue weighted by Crippen LogP contribution is -2.42. The maximum absolute atomic E-state index is 11.9. The summed E-state index contributed by atoms with van der Waals surface area (Å²) in [6.45, 7) is 1.08. The highest BCUT2D eigenvalue weighted by Gasteiger charge is 2.32. The van der Waals surface area contributed by atoms with Gasteiger partial charge < -0.3 is 10.6 Å². The number of likely N-dealkylation sites (N-methyl/N-ethyl adjacent to an activating group) is 2. The van der Waals surface area contributed by atoms with Crippen LogP contribution in [0, 0.1) is 0 Å². The average molecular weight is 235 g/mol. The molecule has 1 unspecified atom stereocenters. The van der Waals surface area contributed by atoms with Crippen LogP contribution in [0.1, 0.15) is 6.42 Å². The molecule has 0 aromatic heterocycles. The molecular formula is C8H17N3O3S. The van der Waals surface area contributed by atoms with Gasteiger partial charge in [-0.3, -0.25) is 4.79 Å². The first-order chi connectivity index (χ1) is 6.98. The molecule has 88 valence electrons. The first kappa shape index (κ1) is 12.4. The largest absolute Gasteiger partial charge is 0.358 e. The molecule has 7 heteroatoms. The van der Waals surface area contributed by atoms with Gasteiger partial charge in [-0.05, 0) is 13.0 Å². The zero-order chi connectivity index (χ0) is 11.5. The molecule has 0 radical (unpaired) electrons. The van der Waals surface area contributed by atoms with Crippen LogP contribution >= 0.6 is 0 Å². The second kappa shape index (κ2) is 4.91.